The number of anilines is 4. The lowest BCUT2D eigenvalue weighted by atomic mass is 10.2. The fourth-order valence-electron chi connectivity index (χ4n) is 5.58. The van der Waals surface area contributed by atoms with Gasteiger partial charge in [0, 0.05) is 95.2 Å². The monoisotopic (exact) mass is 588 g/mol. The molecule has 0 aromatic carbocycles. The molecule has 4 aromatic rings. The standard InChI is InChI=1S/C29H40N12O2/c1-21(2)41-24-16-25(30-18-22(24)19-31-41)32-26-17-27(37-8-4-5-9-37)34-29(33-26)39-12-10-38(11-13-39)28(42)7-6-23-20-40(36-35-23)14-15-43-3/h16-21H,4-15H2,1-3H3,(H,30,32,33,34). The van der Waals surface area contributed by atoms with Gasteiger partial charge in [-0.2, -0.15) is 15.1 Å². The first-order valence-corrected chi connectivity index (χ1v) is 15.1. The molecule has 43 heavy (non-hydrogen) atoms. The molecule has 0 aliphatic carbocycles. The SMILES string of the molecule is COCCn1cc(CCC(=O)N2CCN(c3nc(Nc4cc5c(cn4)cnn5C(C)C)cc(N4CCCC4)n3)CC2)nn1. The van der Waals surface area contributed by atoms with Gasteiger partial charge in [-0.25, -0.2) is 9.67 Å². The van der Waals surface area contributed by atoms with Crippen LogP contribution >= 0.6 is 0 Å². The van der Waals surface area contributed by atoms with Crippen molar-refractivity contribution in [2.75, 3.05) is 68.1 Å². The number of rotatable bonds is 11. The van der Waals surface area contributed by atoms with E-state index < -0.39 is 0 Å². The summed E-state index contributed by atoms with van der Waals surface area (Å²) < 4.78 is 8.83. The number of aryl methyl sites for hydroxylation is 1. The fourth-order valence-corrected chi connectivity index (χ4v) is 5.58. The number of nitrogens with zero attached hydrogens (tertiary/aromatic N) is 11. The molecular formula is C29H40N12O2. The highest BCUT2D eigenvalue weighted by atomic mass is 16.5. The molecule has 0 unspecified atom stereocenters. The number of nitrogens with one attached hydrogen (secondary N) is 1. The summed E-state index contributed by atoms with van der Waals surface area (Å²) in [5.41, 5.74) is 1.84. The number of carbonyl (C=O) groups excluding carboxylic acids is 1. The second kappa shape index (κ2) is 12.9. The quantitative estimate of drug-likeness (QED) is 0.277. The summed E-state index contributed by atoms with van der Waals surface area (Å²) in [4.78, 5) is 33.9. The Hall–Kier alpha value is -4.33. The van der Waals surface area contributed by atoms with Crippen LogP contribution in [0.5, 0.6) is 0 Å². The smallest absolute Gasteiger partial charge is 0.229 e. The molecule has 228 valence electrons. The van der Waals surface area contributed by atoms with Crippen LogP contribution in [0.15, 0.2) is 30.7 Å². The van der Waals surface area contributed by atoms with Gasteiger partial charge >= 0.3 is 0 Å². The first-order chi connectivity index (χ1) is 21.0. The van der Waals surface area contributed by atoms with Gasteiger partial charge in [-0.3, -0.25) is 9.48 Å². The molecule has 6 heterocycles. The van der Waals surface area contributed by atoms with E-state index in [0.717, 1.165) is 48.3 Å². The van der Waals surface area contributed by atoms with Crippen molar-refractivity contribution in [3.8, 4) is 0 Å². The molecule has 2 aliphatic rings. The lowest BCUT2D eigenvalue weighted by Gasteiger charge is -2.35. The Morgan fingerprint density at radius 2 is 1.81 bits per heavy atom. The average Bonchev–Trinajstić information content (AvgIpc) is 3.80. The van der Waals surface area contributed by atoms with Crippen LogP contribution in [0.25, 0.3) is 10.9 Å². The van der Waals surface area contributed by atoms with Crippen molar-refractivity contribution in [1.82, 2.24) is 44.6 Å². The van der Waals surface area contributed by atoms with Crippen LogP contribution in [0.1, 0.15) is 44.8 Å². The minimum Gasteiger partial charge on any atom is -0.383 e. The van der Waals surface area contributed by atoms with Gasteiger partial charge in [0.2, 0.25) is 11.9 Å². The van der Waals surface area contributed by atoms with E-state index in [-0.39, 0.29) is 11.9 Å². The minimum absolute atomic E-state index is 0.127. The van der Waals surface area contributed by atoms with Gasteiger partial charge in [0.15, 0.2) is 0 Å². The maximum Gasteiger partial charge on any atom is 0.229 e. The molecule has 6 rings (SSSR count). The van der Waals surface area contributed by atoms with Gasteiger partial charge in [0.05, 0.1) is 30.6 Å². The van der Waals surface area contributed by atoms with Crippen molar-refractivity contribution < 1.29 is 9.53 Å². The second-order valence-corrected chi connectivity index (χ2v) is 11.4. The lowest BCUT2D eigenvalue weighted by Crippen LogP contribution is -2.49. The van der Waals surface area contributed by atoms with Gasteiger partial charge in [0.1, 0.15) is 17.5 Å². The van der Waals surface area contributed by atoms with Crippen LogP contribution in [0.2, 0.25) is 0 Å². The number of hydrogen-bond donors (Lipinski definition) is 1. The number of aromatic nitrogens is 8. The van der Waals surface area contributed by atoms with Gasteiger partial charge in [0.25, 0.3) is 0 Å². The number of amides is 1. The van der Waals surface area contributed by atoms with E-state index in [4.69, 9.17) is 14.7 Å². The van der Waals surface area contributed by atoms with Crippen LogP contribution < -0.4 is 15.1 Å². The Bertz CT molecular complexity index is 1540. The van der Waals surface area contributed by atoms with E-state index in [0.29, 0.717) is 69.8 Å². The summed E-state index contributed by atoms with van der Waals surface area (Å²) in [5, 5.41) is 17.2. The van der Waals surface area contributed by atoms with Crippen molar-refractivity contribution in [3.63, 3.8) is 0 Å². The lowest BCUT2D eigenvalue weighted by molar-refractivity contribution is -0.131. The van der Waals surface area contributed by atoms with E-state index >= 15 is 0 Å². The van der Waals surface area contributed by atoms with Crippen LogP contribution in [0, 0.1) is 0 Å². The molecule has 0 bridgehead atoms. The fraction of sp³-hybridized carbons (Fsp3) is 0.552. The Kier molecular flexibility index (Phi) is 8.63. The zero-order valence-corrected chi connectivity index (χ0v) is 25.2. The van der Waals surface area contributed by atoms with Crippen LogP contribution in [0.4, 0.5) is 23.4 Å². The van der Waals surface area contributed by atoms with Crippen LogP contribution in [-0.2, 0) is 22.5 Å². The molecular weight excluding hydrogens is 548 g/mol. The molecule has 0 spiro atoms. The zero-order valence-electron chi connectivity index (χ0n) is 25.2. The summed E-state index contributed by atoms with van der Waals surface area (Å²) in [5.74, 6) is 3.12. The van der Waals surface area contributed by atoms with E-state index in [1.165, 1.54) is 0 Å². The third-order valence-corrected chi connectivity index (χ3v) is 7.98. The first-order valence-electron chi connectivity index (χ1n) is 15.1. The van der Waals surface area contributed by atoms with E-state index in [2.05, 4.69) is 49.4 Å². The Balaban J connectivity index is 1.12. The summed E-state index contributed by atoms with van der Waals surface area (Å²) in [6.45, 7) is 9.99. The van der Waals surface area contributed by atoms with Gasteiger partial charge in [-0.15, -0.1) is 5.10 Å². The Labute approximate surface area is 251 Å². The van der Waals surface area contributed by atoms with E-state index in [9.17, 15) is 4.79 Å². The average molecular weight is 589 g/mol. The molecule has 2 aliphatic heterocycles. The van der Waals surface area contributed by atoms with Crippen molar-refractivity contribution in [1.29, 1.82) is 0 Å². The molecule has 14 heteroatoms. The van der Waals surface area contributed by atoms with Crippen molar-refractivity contribution in [2.45, 2.75) is 52.1 Å². The number of fused-ring (bicyclic) bond motifs is 1. The summed E-state index contributed by atoms with van der Waals surface area (Å²) >= 11 is 0. The molecule has 0 saturated carbocycles. The number of carbonyl (C=O) groups is 1. The molecule has 4 aromatic heterocycles. The highest BCUT2D eigenvalue weighted by Gasteiger charge is 2.25. The van der Waals surface area contributed by atoms with Crippen molar-refractivity contribution in [3.05, 3.63) is 36.4 Å². The molecule has 2 saturated heterocycles. The Morgan fingerprint density at radius 1 is 1.00 bits per heavy atom. The van der Waals surface area contributed by atoms with Crippen LogP contribution in [-0.4, -0.2) is 104 Å². The zero-order chi connectivity index (χ0) is 29.8. The molecule has 14 nitrogen and oxygen atoms in total. The number of pyridine rings is 1. The topological polar surface area (TPSA) is 135 Å². The van der Waals surface area contributed by atoms with Gasteiger partial charge in [-0.1, -0.05) is 5.21 Å². The predicted octanol–water partition coefficient (Wildman–Crippen LogP) is 2.67. The van der Waals surface area contributed by atoms with Gasteiger partial charge < -0.3 is 24.8 Å². The minimum atomic E-state index is 0.127. The van der Waals surface area contributed by atoms with Gasteiger partial charge in [-0.05, 0) is 26.7 Å². The third kappa shape index (κ3) is 6.69. The summed E-state index contributed by atoms with van der Waals surface area (Å²) in [6, 6.07) is 4.27. The number of hydrogen-bond acceptors (Lipinski definition) is 11. The highest BCUT2D eigenvalue weighted by Crippen LogP contribution is 2.27. The van der Waals surface area contributed by atoms with Crippen molar-refractivity contribution in [2.24, 2.45) is 0 Å². The maximum absolute atomic E-state index is 13.0. The normalized spacial score (nSPS) is 15.7. The summed E-state index contributed by atoms with van der Waals surface area (Å²) in [7, 11) is 1.66. The summed E-state index contributed by atoms with van der Waals surface area (Å²) in [6.07, 6.45) is 8.86. The largest absolute Gasteiger partial charge is 0.383 e. The van der Waals surface area contributed by atoms with Crippen molar-refractivity contribution >= 4 is 40.2 Å². The number of piperazine rings is 1. The third-order valence-electron chi connectivity index (χ3n) is 7.98. The second-order valence-electron chi connectivity index (χ2n) is 11.4. The molecule has 1 amide bonds. The van der Waals surface area contributed by atoms with E-state index in [1.54, 1.807) is 11.8 Å². The predicted molar refractivity (Wildman–Crippen MR) is 164 cm³/mol. The molecule has 0 atom stereocenters. The molecule has 0 radical (unpaired) electrons. The molecule has 2 fully saturated rings. The molecule has 1 N–H and O–H groups in total. The maximum atomic E-state index is 13.0. The van der Waals surface area contributed by atoms with E-state index in [1.807, 2.05) is 40.3 Å². The van der Waals surface area contributed by atoms with Crippen LogP contribution in [0.3, 0.4) is 0 Å². The number of methoxy groups -OCH3 is 1. The number of ether oxygens (including phenoxy) is 1. The first kappa shape index (κ1) is 28.8. The Morgan fingerprint density at radius 3 is 2.58 bits per heavy atom. The highest BCUT2D eigenvalue weighted by molar-refractivity contribution is 5.81.